The molecule has 0 spiro atoms. The molecule has 7 heteroatoms. The number of aromatic amines is 1. The summed E-state index contributed by atoms with van der Waals surface area (Å²) in [5, 5.41) is 8.96. The molecule has 0 aromatic carbocycles. The summed E-state index contributed by atoms with van der Waals surface area (Å²) in [7, 11) is 0. The number of hydrogen-bond acceptors (Lipinski definition) is 5. The molecule has 2 N–H and O–H groups in total. The Morgan fingerprint density at radius 2 is 2.10 bits per heavy atom. The Kier molecular flexibility index (Phi) is 5.22. The van der Waals surface area contributed by atoms with Gasteiger partial charge in [-0.3, -0.25) is 14.7 Å². The van der Waals surface area contributed by atoms with Crippen LogP contribution in [0.5, 0.6) is 0 Å². The smallest absolute Gasteiger partial charge is 0.354 e. The van der Waals surface area contributed by atoms with Crippen molar-refractivity contribution in [3.05, 3.63) is 75.5 Å². The summed E-state index contributed by atoms with van der Waals surface area (Å²) in [6, 6.07) is 7.21. The predicted molar refractivity (Wildman–Crippen MR) is 111 cm³/mol. The quantitative estimate of drug-likeness (QED) is 0.695. The number of nitrogens with one attached hydrogen (secondary N) is 1. The molecule has 0 unspecified atom stereocenters. The minimum Gasteiger partial charge on any atom is -0.477 e. The van der Waals surface area contributed by atoms with Gasteiger partial charge in [-0.1, -0.05) is 19.1 Å². The van der Waals surface area contributed by atoms with Crippen LogP contribution in [-0.2, 0) is 13.0 Å². The highest BCUT2D eigenvalue weighted by Crippen LogP contribution is 2.23. The average Bonchev–Trinajstić information content (AvgIpc) is 2.74. The summed E-state index contributed by atoms with van der Waals surface area (Å²) in [5.74, 6) is -1.02. The maximum absolute atomic E-state index is 12.1. The van der Waals surface area contributed by atoms with Crippen LogP contribution in [0.15, 0.2) is 47.5 Å². The molecule has 0 aliphatic carbocycles. The number of carboxylic acid groups (broad SMARTS) is 1. The maximum atomic E-state index is 12.1. The number of pyridine rings is 3. The van der Waals surface area contributed by atoms with Gasteiger partial charge in [0.05, 0.1) is 11.0 Å². The van der Waals surface area contributed by atoms with Crippen LogP contribution in [0, 0.1) is 0 Å². The summed E-state index contributed by atoms with van der Waals surface area (Å²) >= 11 is 0. The Hall–Kier alpha value is -3.32. The van der Waals surface area contributed by atoms with Gasteiger partial charge in [0, 0.05) is 37.6 Å². The topological polar surface area (TPSA) is 99.2 Å². The summed E-state index contributed by atoms with van der Waals surface area (Å²) in [6.45, 7) is 4.38. The molecule has 0 saturated heterocycles. The van der Waals surface area contributed by atoms with Gasteiger partial charge in [0.1, 0.15) is 5.69 Å². The molecular weight excluding hydrogens is 368 g/mol. The van der Waals surface area contributed by atoms with Crippen LogP contribution in [0.3, 0.4) is 0 Å². The fraction of sp³-hybridized carbons (Fsp3) is 0.273. The van der Waals surface area contributed by atoms with Gasteiger partial charge in [0.15, 0.2) is 0 Å². The lowest BCUT2D eigenvalue weighted by Crippen LogP contribution is -2.28. The van der Waals surface area contributed by atoms with Crippen LogP contribution >= 0.6 is 0 Å². The molecule has 0 bridgehead atoms. The zero-order valence-electron chi connectivity index (χ0n) is 16.2. The fourth-order valence-electron chi connectivity index (χ4n) is 3.60. The first-order chi connectivity index (χ1) is 14.0. The average molecular weight is 390 g/mol. The first kappa shape index (κ1) is 19.0. The third-order valence-corrected chi connectivity index (χ3v) is 5.26. The van der Waals surface area contributed by atoms with Crippen molar-refractivity contribution < 1.29 is 9.90 Å². The zero-order chi connectivity index (χ0) is 20.4. The largest absolute Gasteiger partial charge is 0.477 e. The Morgan fingerprint density at radius 3 is 2.76 bits per heavy atom. The highest BCUT2D eigenvalue weighted by molar-refractivity contribution is 5.85. The predicted octanol–water partition coefficient (Wildman–Crippen LogP) is 2.87. The van der Waals surface area contributed by atoms with E-state index in [2.05, 4.69) is 25.9 Å². The molecule has 1 aliphatic heterocycles. The van der Waals surface area contributed by atoms with E-state index in [-0.39, 0.29) is 11.3 Å². The summed E-state index contributed by atoms with van der Waals surface area (Å²) < 4.78 is 0. The van der Waals surface area contributed by atoms with Crippen LogP contribution in [-0.4, -0.2) is 44.0 Å². The van der Waals surface area contributed by atoms with Crippen molar-refractivity contribution in [3.8, 4) is 0 Å². The van der Waals surface area contributed by atoms with Crippen LogP contribution in [0.25, 0.3) is 16.6 Å². The van der Waals surface area contributed by atoms with E-state index in [1.165, 1.54) is 11.6 Å². The van der Waals surface area contributed by atoms with Gasteiger partial charge >= 0.3 is 5.97 Å². The molecule has 0 saturated carbocycles. The van der Waals surface area contributed by atoms with E-state index in [1.54, 1.807) is 6.20 Å². The first-order valence-electron chi connectivity index (χ1n) is 9.65. The lowest BCUT2D eigenvalue weighted by atomic mass is 10.0. The third-order valence-electron chi connectivity index (χ3n) is 5.26. The van der Waals surface area contributed by atoms with E-state index in [1.807, 2.05) is 31.3 Å². The number of H-pyrrole nitrogens is 1. The zero-order valence-corrected chi connectivity index (χ0v) is 16.2. The number of rotatable bonds is 5. The number of carboxylic acids is 1. The van der Waals surface area contributed by atoms with Crippen molar-refractivity contribution in [1.82, 2.24) is 19.9 Å². The Bertz CT molecular complexity index is 1150. The minimum absolute atomic E-state index is 0.0491. The number of aryl methyl sites for hydroxylation is 1. The molecule has 148 valence electrons. The molecule has 3 aromatic heterocycles. The van der Waals surface area contributed by atoms with Gasteiger partial charge in [-0.25, -0.2) is 9.78 Å². The molecule has 0 fully saturated rings. The van der Waals surface area contributed by atoms with Crippen molar-refractivity contribution in [2.24, 2.45) is 0 Å². The van der Waals surface area contributed by atoms with Crippen molar-refractivity contribution in [2.75, 3.05) is 13.1 Å². The van der Waals surface area contributed by atoms with Crippen molar-refractivity contribution >= 4 is 22.6 Å². The second kappa shape index (κ2) is 7.97. The van der Waals surface area contributed by atoms with Crippen molar-refractivity contribution in [1.29, 1.82) is 0 Å². The lowest BCUT2D eigenvalue weighted by Gasteiger charge is -2.26. The molecule has 3 aromatic rings. The van der Waals surface area contributed by atoms with Crippen LogP contribution in [0.1, 0.15) is 40.5 Å². The van der Waals surface area contributed by atoms with E-state index in [9.17, 15) is 9.59 Å². The highest BCUT2D eigenvalue weighted by Gasteiger charge is 2.15. The van der Waals surface area contributed by atoms with Gasteiger partial charge in [-0.05, 0) is 47.7 Å². The summed E-state index contributed by atoms with van der Waals surface area (Å²) in [4.78, 5) is 36.7. The Labute approximate surface area is 167 Å². The summed E-state index contributed by atoms with van der Waals surface area (Å²) in [5.41, 5.74) is 5.53. The molecule has 4 heterocycles. The summed E-state index contributed by atoms with van der Waals surface area (Å²) in [6.07, 6.45) is 7.20. The van der Waals surface area contributed by atoms with Crippen LogP contribution < -0.4 is 5.56 Å². The molecule has 4 rings (SSSR count). The van der Waals surface area contributed by atoms with Gasteiger partial charge in [-0.15, -0.1) is 0 Å². The van der Waals surface area contributed by atoms with Gasteiger partial charge in [-0.2, -0.15) is 0 Å². The Balaban J connectivity index is 1.46. The highest BCUT2D eigenvalue weighted by atomic mass is 16.4. The van der Waals surface area contributed by atoms with E-state index >= 15 is 0 Å². The number of hydrogen-bond donors (Lipinski definition) is 2. The normalized spacial score (nSPS) is 14.7. The van der Waals surface area contributed by atoms with Crippen LogP contribution in [0.4, 0.5) is 0 Å². The van der Waals surface area contributed by atoms with E-state index in [4.69, 9.17) is 5.11 Å². The van der Waals surface area contributed by atoms with Crippen molar-refractivity contribution in [2.45, 2.75) is 26.3 Å². The fourth-order valence-corrected chi connectivity index (χ4v) is 3.60. The molecular formula is C22H22N4O3. The maximum Gasteiger partial charge on any atom is 0.354 e. The minimum atomic E-state index is -1.02. The van der Waals surface area contributed by atoms with Crippen LogP contribution in [0.2, 0.25) is 0 Å². The molecule has 0 atom stereocenters. The van der Waals surface area contributed by atoms with Gasteiger partial charge in [0.2, 0.25) is 0 Å². The third kappa shape index (κ3) is 4.09. The van der Waals surface area contributed by atoms with E-state index in [0.29, 0.717) is 6.42 Å². The number of fused-ring (bicyclic) bond motifs is 1. The second-order valence-electron chi connectivity index (χ2n) is 7.21. The van der Waals surface area contributed by atoms with E-state index < -0.39 is 5.97 Å². The monoisotopic (exact) mass is 390 g/mol. The molecule has 29 heavy (non-hydrogen) atoms. The number of carbonyl (C=O) groups is 1. The molecule has 0 amide bonds. The number of aromatic carboxylic acids is 1. The lowest BCUT2D eigenvalue weighted by molar-refractivity contribution is 0.0690. The Morgan fingerprint density at radius 1 is 1.24 bits per heavy atom. The number of nitrogens with zero attached hydrogens (tertiary/aromatic N) is 3. The standard InChI is InChI=1S/C22H22N4O3/c1-2-15-10-19-20(25-21(15)27)9-14(11-23-19)13-26-7-5-16(6-8-26)17-3-4-18(22(28)29)24-12-17/h3-5,9-12H,2,6-8,13H2,1H3,(H,25,27)(H,28,29). The molecule has 0 radical (unpaired) electrons. The van der Waals surface area contributed by atoms with E-state index in [0.717, 1.165) is 53.8 Å². The molecule has 1 aliphatic rings. The first-order valence-corrected chi connectivity index (χ1v) is 9.65. The molecule has 7 nitrogen and oxygen atoms in total. The van der Waals surface area contributed by atoms with Gasteiger partial charge < -0.3 is 10.1 Å². The second-order valence-corrected chi connectivity index (χ2v) is 7.21. The number of aromatic nitrogens is 3. The SMILES string of the molecule is CCc1cc2ncc(CN3CC=C(c4ccc(C(=O)O)nc4)CC3)cc2[nH]c1=O. The van der Waals surface area contributed by atoms with Gasteiger partial charge in [0.25, 0.3) is 5.56 Å². The van der Waals surface area contributed by atoms with Crippen molar-refractivity contribution in [3.63, 3.8) is 0 Å².